The minimum absolute atomic E-state index is 0.205. The van der Waals surface area contributed by atoms with Crippen LogP contribution in [0.2, 0.25) is 0 Å². The fourth-order valence-electron chi connectivity index (χ4n) is 1.29. The molecule has 0 saturated carbocycles. The Hall–Kier alpha value is -1.62. The van der Waals surface area contributed by atoms with Gasteiger partial charge in [0, 0.05) is 12.1 Å². The fraction of sp³-hybridized carbons (Fsp3) is 0.300. The molecule has 1 aromatic carbocycles. The Morgan fingerprint density at radius 3 is 2.87 bits per heavy atom. The van der Waals surface area contributed by atoms with E-state index < -0.39 is 5.82 Å². The number of aliphatic imine (C=N–C) groups is 1. The molecule has 4 nitrogen and oxygen atoms in total. The lowest BCUT2D eigenvalue weighted by molar-refractivity contribution is 0.384. The van der Waals surface area contributed by atoms with Crippen LogP contribution in [0.15, 0.2) is 17.1 Å². The largest absolute Gasteiger partial charge is 0.494 e. The van der Waals surface area contributed by atoms with Gasteiger partial charge in [-0.25, -0.2) is 9.38 Å². The number of nitrogens with two attached hydrogens (primary N) is 1. The lowest BCUT2D eigenvalue weighted by atomic mass is 10.1. The molecule has 0 aliphatic rings. The molecule has 82 valence electrons. The first kappa shape index (κ1) is 11.5. The Kier molecular flexibility index (Phi) is 4.05. The smallest absolute Gasteiger partial charge is 0.171 e. The lowest BCUT2D eigenvalue weighted by Gasteiger charge is -2.09. The SMILES string of the molecule is CNCc1c(N=CN)ccc(OC)c1F. The molecule has 1 aromatic rings. The van der Waals surface area contributed by atoms with E-state index >= 15 is 0 Å². The second kappa shape index (κ2) is 5.31. The fourth-order valence-corrected chi connectivity index (χ4v) is 1.29. The average molecular weight is 211 g/mol. The van der Waals surface area contributed by atoms with Gasteiger partial charge in [-0.2, -0.15) is 0 Å². The van der Waals surface area contributed by atoms with Crippen molar-refractivity contribution in [3.05, 3.63) is 23.5 Å². The molecular weight excluding hydrogens is 197 g/mol. The van der Waals surface area contributed by atoms with Crippen LogP contribution in [0.3, 0.4) is 0 Å². The van der Waals surface area contributed by atoms with E-state index in [2.05, 4.69) is 10.3 Å². The summed E-state index contributed by atoms with van der Waals surface area (Å²) in [6, 6.07) is 3.19. The molecule has 0 atom stereocenters. The highest BCUT2D eigenvalue weighted by Gasteiger charge is 2.12. The number of rotatable bonds is 4. The molecule has 0 aliphatic heterocycles. The highest BCUT2D eigenvalue weighted by atomic mass is 19.1. The first-order valence-corrected chi connectivity index (χ1v) is 4.48. The third kappa shape index (κ3) is 2.44. The number of ether oxygens (including phenoxy) is 1. The predicted octanol–water partition coefficient (Wildman–Crippen LogP) is 1.17. The van der Waals surface area contributed by atoms with Gasteiger partial charge < -0.3 is 15.8 Å². The van der Waals surface area contributed by atoms with Crippen LogP contribution in [0.5, 0.6) is 5.75 Å². The van der Waals surface area contributed by atoms with Gasteiger partial charge in [-0.15, -0.1) is 0 Å². The molecule has 0 fully saturated rings. The summed E-state index contributed by atoms with van der Waals surface area (Å²) < 4.78 is 18.6. The minimum atomic E-state index is -0.407. The highest BCUT2D eigenvalue weighted by Crippen LogP contribution is 2.28. The third-order valence-electron chi connectivity index (χ3n) is 1.97. The Morgan fingerprint density at radius 2 is 2.33 bits per heavy atom. The van der Waals surface area contributed by atoms with E-state index in [1.54, 1.807) is 13.1 Å². The van der Waals surface area contributed by atoms with Gasteiger partial charge in [0.05, 0.1) is 19.1 Å². The van der Waals surface area contributed by atoms with Gasteiger partial charge in [0.2, 0.25) is 0 Å². The molecule has 1 rings (SSSR count). The van der Waals surface area contributed by atoms with E-state index in [1.807, 2.05) is 0 Å². The van der Waals surface area contributed by atoms with Crippen LogP contribution in [-0.2, 0) is 6.54 Å². The topological polar surface area (TPSA) is 59.6 Å². The maximum absolute atomic E-state index is 13.8. The van der Waals surface area contributed by atoms with Crippen molar-refractivity contribution in [3.8, 4) is 5.75 Å². The molecule has 0 radical (unpaired) electrons. The van der Waals surface area contributed by atoms with E-state index in [9.17, 15) is 4.39 Å². The molecule has 5 heteroatoms. The molecule has 0 unspecified atom stereocenters. The Bertz CT molecular complexity index is 366. The van der Waals surface area contributed by atoms with E-state index in [4.69, 9.17) is 10.5 Å². The molecule has 0 amide bonds. The third-order valence-corrected chi connectivity index (χ3v) is 1.97. The number of hydrogen-bond acceptors (Lipinski definition) is 3. The zero-order chi connectivity index (χ0) is 11.3. The van der Waals surface area contributed by atoms with Gasteiger partial charge in [0.15, 0.2) is 11.6 Å². The van der Waals surface area contributed by atoms with Crippen LogP contribution in [0.25, 0.3) is 0 Å². The van der Waals surface area contributed by atoms with Crippen LogP contribution in [0.1, 0.15) is 5.56 Å². The minimum Gasteiger partial charge on any atom is -0.494 e. The molecule has 0 heterocycles. The summed E-state index contributed by atoms with van der Waals surface area (Å²) in [6.07, 6.45) is 1.14. The summed E-state index contributed by atoms with van der Waals surface area (Å²) in [4.78, 5) is 3.88. The summed E-state index contributed by atoms with van der Waals surface area (Å²) in [5.74, 6) is -0.203. The molecule has 15 heavy (non-hydrogen) atoms. The van der Waals surface area contributed by atoms with Crippen molar-refractivity contribution < 1.29 is 9.13 Å². The van der Waals surface area contributed by atoms with Crippen molar-refractivity contribution in [2.75, 3.05) is 14.2 Å². The van der Waals surface area contributed by atoms with Crippen molar-refractivity contribution >= 4 is 12.0 Å². The van der Waals surface area contributed by atoms with E-state index in [-0.39, 0.29) is 5.75 Å². The summed E-state index contributed by atoms with van der Waals surface area (Å²) in [7, 11) is 3.16. The predicted molar refractivity (Wildman–Crippen MR) is 58.1 cm³/mol. The van der Waals surface area contributed by atoms with Gasteiger partial charge in [0.1, 0.15) is 0 Å². The average Bonchev–Trinajstić information content (AvgIpc) is 2.24. The Morgan fingerprint density at radius 1 is 1.60 bits per heavy atom. The standard InChI is InChI=1S/C10H14FN3O/c1-13-5-7-8(14-6-12)3-4-9(15-2)10(7)11/h3-4,6,13H,5H2,1-2H3,(H2,12,14). The number of benzene rings is 1. The van der Waals surface area contributed by atoms with E-state index in [1.165, 1.54) is 13.2 Å². The molecule has 0 saturated heterocycles. The Labute approximate surface area is 88.0 Å². The van der Waals surface area contributed by atoms with Crippen LogP contribution in [-0.4, -0.2) is 20.5 Å². The van der Waals surface area contributed by atoms with Gasteiger partial charge >= 0.3 is 0 Å². The molecule has 0 aromatic heterocycles. The van der Waals surface area contributed by atoms with Crippen molar-refractivity contribution in [1.29, 1.82) is 0 Å². The second-order valence-corrected chi connectivity index (χ2v) is 2.89. The monoisotopic (exact) mass is 211 g/mol. The van der Waals surface area contributed by atoms with E-state index in [0.717, 1.165) is 6.34 Å². The molecule has 0 bridgehead atoms. The number of hydrogen-bond donors (Lipinski definition) is 2. The maximum atomic E-state index is 13.8. The first-order chi connectivity index (χ1) is 7.24. The zero-order valence-corrected chi connectivity index (χ0v) is 8.75. The quantitative estimate of drug-likeness (QED) is 0.580. The van der Waals surface area contributed by atoms with Crippen LogP contribution in [0, 0.1) is 5.82 Å². The molecule has 0 aliphatic carbocycles. The number of nitrogens with one attached hydrogen (secondary N) is 1. The van der Waals surface area contributed by atoms with Gasteiger partial charge in [0.25, 0.3) is 0 Å². The lowest BCUT2D eigenvalue weighted by Crippen LogP contribution is -2.08. The number of nitrogens with zero attached hydrogens (tertiary/aromatic N) is 1. The van der Waals surface area contributed by atoms with Crippen LogP contribution in [0.4, 0.5) is 10.1 Å². The first-order valence-electron chi connectivity index (χ1n) is 4.48. The maximum Gasteiger partial charge on any atom is 0.171 e. The second-order valence-electron chi connectivity index (χ2n) is 2.89. The van der Waals surface area contributed by atoms with Crippen LogP contribution >= 0.6 is 0 Å². The van der Waals surface area contributed by atoms with Gasteiger partial charge in [-0.1, -0.05) is 0 Å². The summed E-state index contributed by atoms with van der Waals surface area (Å²) >= 11 is 0. The molecule has 0 spiro atoms. The summed E-state index contributed by atoms with van der Waals surface area (Å²) in [5.41, 5.74) is 6.13. The number of methoxy groups -OCH3 is 1. The number of halogens is 1. The van der Waals surface area contributed by atoms with Crippen molar-refractivity contribution in [2.45, 2.75) is 6.54 Å². The molecule has 3 N–H and O–H groups in total. The summed E-state index contributed by atoms with van der Waals surface area (Å²) in [6.45, 7) is 0.371. The van der Waals surface area contributed by atoms with Gasteiger partial charge in [-0.05, 0) is 19.2 Å². The highest BCUT2D eigenvalue weighted by molar-refractivity contribution is 5.62. The van der Waals surface area contributed by atoms with Crippen molar-refractivity contribution in [3.63, 3.8) is 0 Å². The van der Waals surface area contributed by atoms with Crippen LogP contribution < -0.4 is 15.8 Å². The summed E-state index contributed by atoms with van der Waals surface area (Å²) in [5, 5.41) is 2.86. The zero-order valence-electron chi connectivity index (χ0n) is 8.75. The van der Waals surface area contributed by atoms with Crippen molar-refractivity contribution in [2.24, 2.45) is 10.7 Å². The molecular formula is C10H14FN3O. The van der Waals surface area contributed by atoms with Crippen molar-refractivity contribution in [1.82, 2.24) is 5.32 Å². The Balaban J connectivity index is 3.23. The van der Waals surface area contributed by atoms with E-state index in [0.29, 0.717) is 17.8 Å². The van der Waals surface area contributed by atoms with Gasteiger partial charge in [-0.3, -0.25) is 0 Å². The normalized spacial score (nSPS) is 10.9.